The van der Waals surface area contributed by atoms with Gasteiger partial charge in [-0.2, -0.15) is 0 Å². The van der Waals surface area contributed by atoms with E-state index in [1.807, 2.05) is 50.9 Å². The first-order chi connectivity index (χ1) is 20.5. The second-order valence-electron chi connectivity index (χ2n) is 13.1. The first-order valence-corrected chi connectivity index (χ1v) is 15.1. The summed E-state index contributed by atoms with van der Waals surface area (Å²) in [5.74, 6) is 0.0322. The van der Waals surface area contributed by atoms with Crippen LogP contribution in [0, 0.1) is 0 Å². The standard InChI is InChI=1S/C35H44N4O4/c1-25-20-37(29(23-42-6)21-38(25)33(41)43-34(2,3)4)22-32(40)39-24-35(5,28-13-10-16-36-19-28)30-15-14-27(18-31(30)39)17-26-11-8-7-9-12-26/h7-16,18-19,25,29H,17,20-24H2,1-6H3/t25-,29-,35?/m1/s1. The lowest BCUT2D eigenvalue weighted by Gasteiger charge is -2.45. The van der Waals surface area contributed by atoms with E-state index in [9.17, 15) is 9.59 Å². The fourth-order valence-electron chi connectivity index (χ4n) is 6.34. The quantitative estimate of drug-likeness (QED) is 0.376. The van der Waals surface area contributed by atoms with Crippen LogP contribution in [0.5, 0.6) is 0 Å². The van der Waals surface area contributed by atoms with Gasteiger partial charge in [0.15, 0.2) is 0 Å². The Morgan fingerprint density at radius 2 is 1.79 bits per heavy atom. The molecule has 43 heavy (non-hydrogen) atoms. The van der Waals surface area contributed by atoms with Crippen molar-refractivity contribution in [3.8, 4) is 0 Å². The molecule has 228 valence electrons. The van der Waals surface area contributed by atoms with Gasteiger partial charge in [-0.1, -0.05) is 48.5 Å². The molecule has 0 saturated carbocycles. The molecule has 2 aliphatic rings. The monoisotopic (exact) mass is 584 g/mol. The number of amides is 2. The number of rotatable bonds is 7. The number of nitrogens with zero attached hydrogens (tertiary/aromatic N) is 4. The van der Waals surface area contributed by atoms with Gasteiger partial charge in [0.2, 0.25) is 5.91 Å². The summed E-state index contributed by atoms with van der Waals surface area (Å²) < 4.78 is 11.2. The molecule has 2 amide bonds. The van der Waals surface area contributed by atoms with Crippen LogP contribution in [0.25, 0.3) is 0 Å². The van der Waals surface area contributed by atoms with Crippen LogP contribution in [0.15, 0.2) is 73.1 Å². The first-order valence-electron chi connectivity index (χ1n) is 15.1. The van der Waals surface area contributed by atoms with Crippen molar-refractivity contribution in [3.05, 3.63) is 95.3 Å². The molecule has 1 saturated heterocycles. The van der Waals surface area contributed by atoms with Gasteiger partial charge in [-0.05, 0) is 75.4 Å². The minimum Gasteiger partial charge on any atom is -0.444 e. The lowest BCUT2D eigenvalue weighted by Crippen LogP contribution is -2.62. The molecule has 3 aromatic rings. The van der Waals surface area contributed by atoms with Gasteiger partial charge >= 0.3 is 6.09 Å². The normalized spacial score (nSPS) is 22.4. The summed E-state index contributed by atoms with van der Waals surface area (Å²) in [4.78, 5) is 37.5. The fourth-order valence-corrected chi connectivity index (χ4v) is 6.34. The van der Waals surface area contributed by atoms with Crippen molar-refractivity contribution in [2.24, 2.45) is 0 Å². The summed E-state index contributed by atoms with van der Waals surface area (Å²) in [6, 6.07) is 20.7. The molecule has 1 aromatic heterocycles. The van der Waals surface area contributed by atoms with Crippen LogP contribution in [0.1, 0.15) is 56.9 Å². The Labute approximate surface area is 255 Å². The van der Waals surface area contributed by atoms with E-state index in [0.29, 0.717) is 26.2 Å². The lowest BCUT2D eigenvalue weighted by atomic mass is 9.78. The molecule has 8 nitrogen and oxygen atoms in total. The van der Waals surface area contributed by atoms with Gasteiger partial charge < -0.3 is 19.3 Å². The summed E-state index contributed by atoms with van der Waals surface area (Å²) in [7, 11) is 1.65. The van der Waals surface area contributed by atoms with Crippen molar-refractivity contribution in [1.29, 1.82) is 0 Å². The minimum absolute atomic E-state index is 0.0322. The van der Waals surface area contributed by atoms with E-state index < -0.39 is 5.60 Å². The van der Waals surface area contributed by atoms with E-state index in [-0.39, 0.29) is 36.0 Å². The summed E-state index contributed by atoms with van der Waals surface area (Å²) in [6.45, 7) is 12.0. The number of pyridine rings is 1. The third-order valence-electron chi connectivity index (χ3n) is 8.55. The van der Waals surface area contributed by atoms with E-state index in [1.54, 1.807) is 18.2 Å². The third kappa shape index (κ3) is 6.76. The number of aromatic nitrogens is 1. The van der Waals surface area contributed by atoms with Gasteiger partial charge in [0, 0.05) is 56.3 Å². The first kappa shape index (κ1) is 30.7. The summed E-state index contributed by atoms with van der Waals surface area (Å²) in [6.07, 6.45) is 4.14. The molecule has 2 aliphatic heterocycles. The Kier molecular flexibility index (Phi) is 8.90. The average molecular weight is 585 g/mol. The Morgan fingerprint density at radius 3 is 2.47 bits per heavy atom. The molecule has 3 atom stereocenters. The Morgan fingerprint density at radius 1 is 1.02 bits per heavy atom. The van der Waals surface area contributed by atoms with E-state index in [2.05, 4.69) is 65.3 Å². The topological polar surface area (TPSA) is 75.2 Å². The summed E-state index contributed by atoms with van der Waals surface area (Å²) >= 11 is 0. The van der Waals surface area contributed by atoms with E-state index in [1.165, 1.54) is 5.56 Å². The molecule has 0 bridgehead atoms. The minimum atomic E-state index is -0.579. The number of carbonyl (C=O) groups is 2. The summed E-state index contributed by atoms with van der Waals surface area (Å²) in [5.41, 5.74) is 4.58. The van der Waals surface area contributed by atoms with Crippen molar-refractivity contribution < 1.29 is 19.1 Å². The predicted molar refractivity (Wildman–Crippen MR) is 168 cm³/mol. The van der Waals surface area contributed by atoms with Gasteiger partial charge in [-0.15, -0.1) is 0 Å². The maximum atomic E-state index is 14.2. The number of fused-ring (bicyclic) bond motifs is 1. The maximum absolute atomic E-state index is 14.2. The van der Waals surface area contributed by atoms with Crippen molar-refractivity contribution >= 4 is 17.7 Å². The van der Waals surface area contributed by atoms with Gasteiger partial charge in [0.05, 0.1) is 19.2 Å². The Hall–Kier alpha value is -3.75. The zero-order valence-corrected chi connectivity index (χ0v) is 26.2. The maximum Gasteiger partial charge on any atom is 0.410 e. The lowest BCUT2D eigenvalue weighted by molar-refractivity contribution is -0.121. The van der Waals surface area contributed by atoms with Crippen molar-refractivity contribution in [2.75, 3.05) is 44.8 Å². The average Bonchev–Trinajstić information content (AvgIpc) is 3.27. The van der Waals surface area contributed by atoms with Crippen LogP contribution < -0.4 is 4.90 Å². The van der Waals surface area contributed by atoms with Crippen molar-refractivity contribution in [1.82, 2.24) is 14.8 Å². The molecule has 1 fully saturated rings. The number of anilines is 1. The molecule has 0 radical (unpaired) electrons. The number of benzene rings is 2. The van der Waals surface area contributed by atoms with Crippen molar-refractivity contribution in [3.63, 3.8) is 0 Å². The van der Waals surface area contributed by atoms with Crippen LogP contribution in [-0.4, -0.2) is 84.4 Å². The number of carbonyl (C=O) groups excluding carboxylic acids is 2. The Bertz CT molecular complexity index is 1420. The van der Waals surface area contributed by atoms with Crippen LogP contribution in [0.3, 0.4) is 0 Å². The number of hydrogen-bond donors (Lipinski definition) is 0. The Balaban J connectivity index is 1.41. The van der Waals surface area contributed by atoms with Crippen LogP contribution in [0.4, 0.5) is 10.5 Å². The van der Waals surface area contributed by atoms with E-state index in [4.69, 9.17) is 9.47 Å². The molecule has 8 heteroatoms. The second kappa shape index (κ2) is 12.5. The van der Waals surface area contributed by atoms with Gasteiger partial charge in [-0.25, -0.2) is 4.79 Å². The van der Waals surface area contributed by atoms with Crippen LogP contribution >= 0.6 is 0 Å². The molecule has 1 unspecified atom stereocenters. The van der Waals surface area contributed by atoms with Gasteiger partial charge in [0.25, 0.3) is 0 Å². The smallest absolute Gasteiger partial charge is 0.410 e. The van der Waals surface area contributed by atoms with E-state index >= 15 is 0 Å². The van der Waals surface area contributed by atoms with Crippen LogP contribution in [0.2, 0.25) is 0 Å². The molecule has 2 aromatic carbocycles. The zero-order chi connectivity index (χ0) is 30.8. The molecular weight excluding hydrogens is 540 g/mol. The van der Waals surface area contributed by atoms with E-state index in [0.717, 1.165) is 28.8 Å². The highest BCUT2D eigenvalue weighted by molar-refractivity contribution is 5.98. The second-order valence-corrected chi connectivity index (χ2v) is 13.1. The zero-order valence-electron chi connectivity index (χ0n) is 26.2. The number of hydrogen-bond acceptors (Lipinski definition) is 6. The largest absolute Gasteiger partial charge is 0.444 e. The van der Waals surface area contributed by atoms with Crippen molar-refractivity contribution in [2.45, 2.75) is 64.1 Å². The molecule has 3 heterocycles. The highest BCUT2D eigenvalue weighted by atomic mass is 16.6. The third-order valence-corrected chi connectivity index (χ3v) is 8.55. The molecular formula is C35H44N4O4. The number of piperazine rings is 1. The SMILES string of the molecule is COC[C@H]1CN(C(=O)OC(C)(C)C)[C@H](C)CN1CC(=O)N1CC(C)(c2cccnc2)c2ccc(Cc3ccccc3)cc21. The highest BCUT2D eigenvalue weighted by Gasteiger charge is 2.44. The predicted octanol–water partition coefficient (Wildman–Crippen LogP) is 5.28. The van der Waals surface area contributed by atoms with Crippen LogP contribution in [-0.2, 0) is 26.1 Å². The molecule has 5 rings (SSSR count). The molecule has 0 aliphatic carbocycles. The highest BCUT2D eigenvalue weighted by Crippen LogP contribution is 2.45. The molecule has 0 spiro atoms. The molecule has 0 N–H and O–H groups in total. The van der Waals surface area contributed by atoms with Gasteiger partial charge in [-0.3, -0.25) is 14.7 Å². The summed E-state index contributed by atoms with van der Waals surface area (Å²) in [5, 5.41) is 0. The number of ether oxygens (including phenoxy) is 2. The van der Waals surface area contributed by atoms with Gasteiger partial charge in [0.1, 0.15) is 5.60 Å². The number of methoxy groups -OCH3 is 1. The fraction of sp³-hybridized carbons (Fsp3) is 0.457.